The Morgan fingerprint density at radius 1 is 1.34 bits per heavy atom. The number of benzene rings is 2. The lowest BCUT2D eigenvalue weighted by Crippen LogP contribution is -2.48. The van der Waals surface area contributed by atoms with E-state index in [9.17, 15) is 10.1 Å². The van der Waals surface area contributed by atoms with E-state index >= 15 is 0 Å². The summed E-state index contributed by atoms with van der Waals surface area (Å²) < 4.78 is 5.47. The normalized spacial score (nSPS) is 17.3. The van der Waals surface area contributed by atoms with Gasteiger partial charge in [-0.15, -0.1) is 0 Å². The van der Waals surface area contributed by atoms with Crippen LogP contribution in [0.15, 0.2) is 42.0 Å². The standard InChI is InChI=1S/C26H30ClN3O2/c1-6-30-24-14-23(27)18(12-22(24)17(3)15-26(30,4)5)11-19(16-28)25(31)29-20-9-8-10-21(13-20)32-7-2/h8-14,17H,6-7,15H2,1-5H3,(H,29,31)/b19-11+. The Morgan fingerprint density at radius 3 is 2.75 bits per heavy atom. The van der Waals surface area contributed by atoms with Crippen LogP contribution < -0.4 is 15.0 Å². The zero-order chi connectivity index (χ0) is 23.5. The van der Waals surface area contributed by atoms with Crippen LogP contribution in [0, 0.1) is 11.3 Å². The first kappa shape index (κ1) is 23.7. The maximum absolute atomic E-state index is 12.8. The quantitative estimate of drug-likeness (QED) is 0.407. The molecule has 1 amide bonds. The molecular weight excluding hydrogens is 422 g/mol. The monoisotopic (exact) mass is 451 g/mol. The number of carbonyl (C=O) groups is 1. The van der Waals surface area contributed by atoms with Gasteiger partial charge in [0.25, 0.3) is 5.91 Å². The molecule has 168 valence electrons. The van der Waals surface area contributed by atoms with E-state index in [-0.39, 0.29) is 11.1 Å². The number of carbonyl (C=O) groups excluding carboxylic acids is 1. The highest BCUT2D eigenvalue weighted by atomic mass is 35.5. The Bertz CT molecular complexity index is 1080. The van der Waals surface area contributed by atoms with Gasteiger partial charge in [0.1, 0.15) is 17.4 Å². The largest absolute Gasteiger partial charge is 0.494 e. The van der Waals surface area contributed by atoms with Crippen molar-refractivity contribution in [3.05, 3.63) is 58.1 Å². The Labute approximate surface area is 195 Å². The van der Waals surface area contributed by atoms with Gasteiger partial charge in [-0.2, -0.15) is 5.26 Å². The molecule has 2 aromatic rings. The Hall–Kier alpha value is -2.97. The van der Waals surface area contributed by atoms with Crippen molar-refractivity contribution in [2.75, 3.05) is 23.4 Å². The second kappa shape index (κ2) is 9.67. The highest BCUT2D eigenvalue weighted by Gasteiger charge is 2.35. The molecule has 0 saturated heterocycles. The molecule has 0 aromatic heterocycles. The van der Waals surface area contributed by atoms with Crippen molar-refractivity contribution in [2.45, 2.75) is 52.5 Å². The van der Waals surface area contributed by atoms with Crippen LogP contribution in [0.1, 0.15) is 58.1 Å². The first-order chi connectivity index (χ1) is 15.2. The van der Waals surface area contributed by atoms with E-state index in [1.807, 2.05) is 31.2 Å². The lowest BCUT2D eigenvalue weighted by molar-refractivity contribution is -0.112. The van der Waals surface area contributed by atoms with E-state index in [4.69, 9.17) is 16.3 Å². The molecule has 5 nitrogen and oxygen atoms in total. The van der Waals surface area contributed by atoms with Gasteiger partial charge < -0.3 is 15.0 Å². The van der Waals surface area contributed by atoms with E-state index in [0.29, 0.717) is 34.5 Å². The van der Waals surface area contributed by atoms with Gasteiger partial charge in [0, 0.05) is 34.5 Å². The molecule has 1 unspecified atom stereocenters. The fraction of sp³-hybridized carbons (Fsp3) is 0.385. The minimum Gasteiger partial charge on any atom is -0.494 e. The lowest BCUT2D eigenvalue weighted by Gasteiger charge is -2.47. The van der Waals surface area contributed by atoms with Crippen LogP contribution >= 0.6 is 11.6 Å². The summed E-state index contributed by atoms with van der Waals surface area (Å²) in [6.07, 6.45) is 2.58. The number of ether oxygens (including phenoxy) is 1. The number of rotatable bonds is 6. The third kappa shape index (κ3) is 4.92. The molecule has 3 rings (SSSR count). The number of anilines is 2. The highest BCUT2D eigenvalue weighted by Crippen LogP contribution is 2.45. The van der Waals surface area contributed by atoms with Crippen molar-refractivity contribution < 1.29 is 9.53 Å². The summed E-state index contributed by atoms with van der Waals surface area (Å²) in [6.45, 7) is 12.1. The maximum atomic E-state index is 12.8. The van der Waals surface area contributed by atoms with Crippen LogP contribution in [0.3, 0.4) is 0 Å². The molecule has 6 heteroatoms. The Morgan fingerprint density at radius 2 is 2.09 bits per heavy atom. The van der Waals surface area contributed by atoms with Crippen molar-refractivity contribution in [1.82, 2.24) is 0 Å². The third-order valence-electron chi connectivity index (χ3n) is 5.89. The molecule has 2 aromatic carbocycles. The van der Waals surface area contributed by atoms with Crippen LogP contribution in [0.2, 0.25) is 5.02 Å². The van der Waals surface area contributed by atoms with Gasteiger partial charge in [-0.05, 0) is 81.5 Å². The molecule has 0 fully saturated rings. The van der Waals surface area contributed by atoms with Gasteiger partial charge >= 0.3 is 0 Å². The molecule has 1 heterocycles. The molecule has 0 radical (unpaired) electrons. The predicted molar refractivity (Wildman–Crippen MR) is 131 cm³/mol. The number of nitrogens with zero attached hydrogens (tertiary/aromatic N) is 2. The minimum atomic E-state index is -0.487. The fourth-order valence-electron chi connectivity index (χ4n) is 4.56. The number of hydrogen-bond donors (Lipinski definition) is 1. The van der Waals surface area contributed by atoms with E-state index in [2.05, 4.69) is 37.9 Å². The second-order valence-corrected chi connectivity index (χ2v) is 9.09. The number of nitriles is 1. The summed E-state index contributed by atoms with van der Waals surface area (Å²) in [4.78, 5) is 15.1. The Kier molecular flexibility index (Phi) is 7.16. The highest BCUT2D eigenvalue weighted by molar-refractivity contribution is 6.32. The molecule has 32 heavy (non-hydrogen) atoms. The summed E-state index contributed by atoms with van der Waals surface area (Å²) in [5.41, 5.74) is 3.56. The van der Waals surface area contributed by atoms with E-state index < -0.39 is 5.91 Å². The number of amides is 1. The van der Waals surface area contributed by atoms with Gasteiger partial charge in [-0.3, -0.25) is 4.79 Å². The molecule has 0 bridgehead atoms. The number of fused-ring (bicyclic) bond motifs is 1. The number of nitrogens with one attached hydrogen (secondary N) is 1. The SMILES string of the molecule is CCOc1cccc(NC(=O)/C(C#N)=C/c2cc3c(cc2Cl)N(CC)C(C)(C)CC3C)c1. The van der Waals surface area contributed by atoms with E-state index in [1.54, 1.807) is 24.3 Å². The van der Waals surface area contributed by atoms with Crippen LogP contribution in [-0.4, -0.2) is 24.6 Å². The molecule has 0 aliphatic carbocycles. The maximum Gasteiger partial charge on any atom is 0.266 e. The molecule has 1 aliphatic heterocycles. The first-order valence-electron chi connectivity index (χ1n) is 11.0. The van der Waals surface area contributed by atoms with Gasteiger partial charge in [0.15, 0.2) is 0 Å². The van der Waals surface area contributed by atoms with Crippen molar-refractivity contribution in [1.29, 1.82) is 5.26 Å². The molecule has 1 aliphatic rings. The van der Waals surface area contributed by atoms with Crippen molar-refractivity contribution in [3.63, 3.8) is 0 Å². The summed E-state index contributed by atoms with van der Waals surface area (Å²) in [5.74, 6) is 0.509. The number of halogens is 1. The van der Waals surface area contributed by atoms with Crippen LogP contribution in [0.25, 0.3) is 6.08 Å². The summed E-state index contributed by atoms with van der Waals surface area (Å²) in [7, 11) is 0. The molecule has 1 N–H and O–H groups in total. The van der Waals surface area contributed by atoms with Gasteiger partial charge in [0.2, 0.25) is 0 Å². The number of hydrogen-bond acceptors (Lipinski definition) is 4. The Balaban J connectivity index is 1.93. The lowest BCUT2D eigenvalue weighted by atomic mass is 9.79. The van der Waals surface area contributed by atoms with E-state index in [1.165, 1.54) is 5.56 Å². The third-order valence-corrected chi connectivity index (χ3v) is 6.22. The second-order valence-electron chi connectivity index (χ2n) is 8.68. The topological polar surface area (TPSA) is 65.4 Å². The van der Waals surface area contributed by atoms with Crippen LogP contribution in [0.4, 0.5) is 11.4 Å². The molecule has 1 atom stereocenters. The minimum absolute atomic E-state index is 0.00944. The van der Waals surface area contributed by atoms with Gasteiger partial charge in [-0.1, -0.05) is 24.6 Å². The average Bonchev–Trinajstić information content (AvgIpc) is 2.72. The smallest absolute Gasteiger partial charge is 0.266 e. The summed E-state index contributed by atoms with van der Waals surface area (Å²) >= 11 is 6.62. The van der Waals surface area contributed by atoms with Crippen molar-refractivity contribution in [2.24, 2.45) is 0 Å². The van der Waals surface area contributed by atoms with Crippen molar-refractivity contribution in [3.8, 4) is 11.8 Å². The summed E-state index contributed by atoms with van der Waals surface area (Å²) in [6, 6.07) is 13.1. The fourth-order valence-corrected chi connectivity index (χ4v) is 4.78. The van der Waals surface area contributed by atoms with Crippen LogP contribution in [-0.2, 0) is 4.79 Å². The van der Waals surface area contributed by atoms with Gasteiger partial charge in [-0.25, -0.2) is 0 Å². The molecule has 0 spiro atoms. The zero-order valence-electron chi connectivity index (χ0n) is 19.3. The van der Waals surface area contributed by atoms with E-state index in [0.717, 1.165) is 18.7 Å². The van der Waals surface area contributed by atoms with Crippen molar-refractivity contribution >= 4 is 35.0 Å². The summed E-state index contributed by atoms with van der Waals surface area (Å²) in [5, 5.41) is 12.9. The average molecular weight is 452 g/mol. The molecule has 0 saturated carbocycles. The van der Waals surface area contributed by atoms with Gasteiger partial charge in [0.05, 0.1) is 6.61 Å². The predicted octanol–water partition coefficient (Wildman–Crippen LogP) is 6.40. The first-order valence-corrected chi connectivity index (χ1v) is 11.3. The zero-order valence-corrected chi connectivity index (χ0v) is 20.1. The van der Waals surface area contributed by atoms with Crippen LogP contribution in [0.5, 0.6) is 5.75 Å². The molecular formula is C26H30ClN3O2.